The SMILES string of the molecule is CC/C=C\C/C=C\C/C=C\C/C=C\C/C=C\C/C=C\C/C=C\C/C=C\C/C=C\C/C=C\C/C=C\CCCCCCCC(=O)NC(COP(=O)(O)OCC[N+](C)(C)C)C(O)/C=C/CC/C=C/CC/C=C/CCCCCCCCCCCCCC. The maximum absolute atomic E-state index is 13.0. The van der Waals surface area contributed by atoms with Gasteiger partial charge in [0, 0.05) is 6.42 Å². The van der Waals surface area contributed by atoms with Crippen LogP contribution in [-0.4, -0.2) is 73.4 Å². The molecule has 83 heavy (non-hydrogen) atoms. The maximum Gasteiger partial charge on any atom is 0.472 e. The van der Waals surface area contributed by atoms with E-state index in [0.29, 0.717) is 17.4 Å². The number of quaternary nitrogens is 1. The van der Waals surface area contributed by atoms with Gasteiger partial charge in [-0.2, -0.15) is 0 Å². The standard InChI is InChI=1S/C74H123N2O6P/c1-6-8-10-12-14-16-18-20-22-24-26-28-30-31-32-33-34-35-36-37-38-39-40-41-42-43-44-45-46-48-50-52-54-56-58-60-62-64-66-68-74(78)75-72(71-82-83(79,80)81-70-69-76(3,4)5)73(77)67-65-63-61-59-57-55-53-51-49-47-29-27-25-23-21-19-17-15-13-11-9-7-2/h8,10,14,16,20,22,26,28,31-32,34-35,37-38,40-41,43-44,46,48-49,51-52,54,57,59,65,67,72-73,77H,6-7,9,11-13,15,17-19,21,23-25,27,29-30,33,36,39,42,45,47,50,53,55-56,58,60-64,66,68-71H2,1-5H3,(H-,75,78,79,80)/p+1/b10-8-,16-14-,22-20-,28-26-,32-31-,35-34-,38-37-,41-40-,44-43-,48-46-,51-49+,54-52-,59-57+,67-65+. The average Bonchev–Trinajstić information content (AvgIpc) is 3.50. The largest absolute Gasteiger partial charge is 0.472 e. The number of nitrogens with one attached hydrogen (secondary N) is 1. The first-order valence-electron chi connectivity index (χ1n) is 33.0. The minimum absolute atomic E-state index is 0.0402. The lowest BCUT2D eigenvalue weighted by Crippen LogP contribution is -2.45. The fraction of sp³-hybridized carbons (Fsp3) is 0.608. The van der Waals surface area contributed by atoms with Crippen LogP contribution in [0.5, 0.6) is 0 Å². The van der Waals surface area contributed by atoms with Gasteiger partial charge in [0.2, 0.25) is 5.91 Å². The van der Waals surface area contributed by atoms with Gasteiger partial charge in [-0.3, -0.25) is 13.8 Å². The number of aliphatic hydroxyl groups excluding tert-OH is 1. The summed E-state index contributed by atoms with van der Waals surface area (Å²) in [6, 6.07) is -0.895. The van der Waals surface area contributed by atoms with E-state index in [2.05, 4.69) is 177 Å². The van der Waals surface area contributed by atoms with E-state index in [9.17, 15) is 19.4 Å². The van der Waals surface area contributed by atoms with Crippen molar-refractivity contribution in [2.75, 3.05) is 40.9 Å². The molecular weight excluding hydrogens is 1040 g/mol. The molecule has 0 saturated heterocycles. The summed E-state index contributed by atoms with van der Waals surface area (Å²) in [5.41, 5.74) is 0. The van der Waals surface area contributed by atoms with Gasteiger partial charge in [0.1, 0.15) is 13.2 Å². The first-order chi connectivity index (χ1) is 40.5. The van der Waals surface area contributed by atoms with E-state index in [4.69, 9.17) is 9.05 Å². The summed E-state index contributed by atoms with van der Waals surface area (Å²) < 4.78 is 23.7. The molecule has 0 aromatic carbocycles. The molecule has 0 saturated carbocycles. The van der Waals surface area contributed by atoms with Crippen molar-refractivity contribution in [1.29, 1.82) is 0 Å². The molecule has 3 N–H and O–H groups in total. The zero-order valence-corrected chi connectivity index (χ0v) is 54.5. The number of aliphatic hydroxyl groups is 1. The van der Waals surface area contributed by atoms with Crippen molar-refractivity contribution < 1.29 is 32.9 Å². The quantitative estimate of drug-likeness (QED) is 0.0243. The Kier molecular flexibility index (Phi) is 59.3. The van der Waals surface area contributed by atoms with E-state index in [1.54, 1.807) is 6.08 Å². The molecule has 0 aliphatic rings. The monoisotopic (exact) mass is 1170 g/mol. The van der Waals surface area contributed by atoms with Gasteiger partial charge >= 0.3 is 7.82 Å². The maximum atomic E-state index is 13.0. The van der Waals surface area contributed by atoms with Gasteiger partial charge in [-0.25, -0.2) is 4.57 Å². The predicted octanol–water partition coefficient (Wildman–Crippen LogP) is 21.2. The number of carbonyl (C=O) groups is 1. The number of hydrogen-bond acceptors (Lipinski definition) is 5. The molecule has 0 radical (unpaired) electrons. The first-order valence-corrected chi connectivity index (χ1v) is 34.5. The van der Waals surface area contributed by atoms with Crippen LogP contribution in [0.15, 0.2) is 170 Å². The van der Waals surface area contributed by atoms with Crippen LogP contribution >= 0.6 is 7.82 Å². The molecule has 0 bridgehead atoms. The molecule has 0 aliphatic heterocycles. The van der Waals surface area contributed by atoms with Crippen molar-refractivity contribution in [1.82, 2.24) is 5.32 Å². The van der Waals surface area contributed by atoms with E-state index >= 15 is 0 Å². The zero-order chi connectivity index (χ0) is 60.5. The topological polar surface area (TPSA) is 105 Å². The molecule has 470 valence electrons. The second-order valence-electron chi connectivity index (χ2n) is 22.7. The van der Waals surface area contributed by atoms with Gasteiger partial charge in [-0.1, -0.05) is 274 Å². The highest BCUT2D eigenvalue weighted by Crippen LogP contribution is 2.43. The summed E-state index contributed by atoms with van der Waals surface area (Å²) in [5, 5.41) is 13.9. The number of likely N-dealkylation sites (N-methyl/N-ethyl adjacent to an activating group) is 1. The molecule has 8 nitrogen and oxygen atoms in total. The van der Waals surface area contributed by atoms with E-state index in [0.717, 1.165) is 135 Å². The van der Waals surface area contributed by atoms with Crippen LogP contribution < -0.4 is 5.32 Å². The number of hydrogen-bond donors (Lipinski definition) is 3. The summed E-state index contributed by atoms with van der Waals surface area (Å²) in [6.07, 6.45) is 99.1. The second kappa shape index (κ2) is 62.4. The minimum Gasteiger partial charge on any atom is -0.387 e. The number of nitrogens with zero attached hydrogens (tertiary/aromatic N) is 1. The Morgan fingerprint density at radius 2 is 0.735 bits per heavy atom. The minimum atomic E-state index is -4.38. The van der Waals surface area contributed by atoms with Gasteiger partial charge < -0.3 is 19.8 Å². The number of allylic oxidation sites excluding steroid dienone is 27. The Morgan fingerprint density at radius 1 is 0.422 bits per heavy atom. The van der Waals surface area contributed by atoms with Crippen LogP contribution in [0.2, 0.25) is 0 Å². The number of amides is 1. The summed E-state index contributed by atoms with van der Waals surface area (Å²) in [4.78, 5) is 23.4. The lowest BCUT2D eigenvalue weighted by Gasteiger charge is -2.25. The third-order valence-corrected chi connectivity index (χ3v) is 14.6. The highest BCUT2D eigenvalue weighted by atomic mass is 31.2. The fourth-order valence-corrected chi connectivity index (χ4v) is 9.28. The van der Waals surface area contributed by atoms with Crippen LogP contribution in [-0.2, 0) is 18.4 Å². The van der Waals surface area contributed by atoms with E-state index < -0.39 is 20.0 Å². The lowest BCUT2D eigenvalue weighted by atomic mass is 10.0. The van der Waals surface area contributed by atoms with Crippen molar-refractivity contribution in [3.8, 4) is 0 Å². The van der Waals surface area contributed by atoms with Crippen LogP contribution in [0, 0.1) is 0 Å². The van der Waals surface area contributed by atoms with Gasteiger partial charge in [0.05, 0.1) is 39.9 Å². The predicted molar refractivity (Wildman–Crippen MR) is 363 cm³/mol. The smallest absolute Gasteiger partial charge is 0.387 e. The molecule has 0 fully saturated rings. The van der Waals surface area contributed by atoms with Crippen LogP contribution in [0.1, 0.15) is 239 Å². The molecule has 0 aliphatic carbocycles. The molecule has 0 rings (SSSR count). The second-order valence-corrected chi connectivity index (χ2v) is 24.2. The van der Waals surface area contributed by atoms with Gasteiger partial charge in [-0.15, -0.1) is 0 Å². The third kappa shape index (κ3) is 65.3. The number of phosphoric ester groups is 1. The number of phosphoric acid groups is 1. The normalized spacial score (nSPS) is 14.8. The molecular formula is C74H124N2O6P+. The Morgan fingerprint density at radius 3 is 1.11 bits per heavy atom. The molecule has 0 aromatic rings. The van der Waals surface area contributed by atoms with E-state index in [1.807, 2.05) is 27.2 Å². The molecule has 0 spiro atoms. The number of carbonyl (C=O) groups excluding carboxylic acids is 1. The zero-order valence-electron chi connectivity index (χ0n) is 53.6. The Hall–Kier alpha value is -4.14. The van der Waals surface area contributed by atoms with Gasteiger partial charge in [0.15, 0.2) is 0 Å². The van der Waals surface area contributed by atoms with Crippen molar-refractivity contribution in [2.45, 2.75) is 251 Å². The van der Waals surface area contributed by atoms with E-state index in [-0.39, 0.29) is 19.1 Å². The van der Waals surface area contributed by atoms with Crippen molar-refractivity contribution in [3.63, 3.8) is 0 Å². The summed E-state index contributed by atoms with van der Waals surface area (Å²) in [5.74, 6) is -0.216. The van der Waals surface area contributed by atoms with E-state index in [1.165, 1.54) is 83.5 Å². The molecule has 0 heterocycles. The lowest BCUT2D eigenvalue weighted by molar-refractivity contribution is -0.870. The fourth-order valence-electron chi connectivity index (χ4n) is 8.55. The first kappa shape index (κ1) is 78.9. The highest BCUT2D eigenvalue weighted by Gasteiger charge is 2.27. The Labute approximate surface area is 511 Å². The Balaban J connectivity index is 4.28. The Bertz CT molecular complexity index is 1960. The number of unbranched alkanes of at least 4 members (excludes halogenated alkanes) is 19. The van der Waals surface area contributed by atoms with Crippen molar-refractivity contribution in [3.05, 3.63) is 170 Å². The molecule has 0 aromatic heterocycles. The van der Waals surface area contributed by atoms with Crippen LogP contribution in [0.25, 0.3) is 0 Å². The molecule has 9 heteroatoms. The highest BCUT2D eigenvalue weighted by molar-refractivity contribution is 7.47. The molecule has 3 atom stereocenters. The average molecular weight is 1170 g/mol. The van der Waals surface area contributed by atoms with Crippen molar-refractivity contribution >= 4 is 13.7 Å². The summed E-state index contributed by atoms with van der Waals surface area (Å²) in [7, 11) is 1.51. The summed E-state index contributed by atoms with van der Waals surface area (Å²) in [6.45, 7) is 4.65. The number of rotatable bonds is 58. The summed E-state index contributed by atoms with van der Waals surface area (Å²) >= 11 is 0. The third-order valence-electron chi connectivity index (χ3n) is 13.6. The van der Waals surface area contributed by atoms with Crippen molar-refractivity contribution in [2.24, 2.45) is 0 Å². The van der Waals surface area contributed by atoms with Gasteiger partial charge in [-0.05, 0) is 128 Å². The molecule has 1 amide bonds. The van der Waals surface area contributed by atoms with Crippen LogP contribution in [0.4, 0.5) is 0 Å². The van der Waals surface area contributed by atoms with Crippen LogP contribution in [0.3, 0.4) is 0 Å². The van der Waals surface area contributed by atoms with Gasteiger partial charge in [0.25, 0.3) is 0 Å². The molecule has 3 unspecified atom stereocenters.